The molecule has 17 heavy (non-hydrogen) atoms. The van der Waals surface area contributed by atoms with Gasteiger partial charge in [-0.1, -0.05) is 12.1 Å². The number of hydrogen-bond donors (Lipinski definition) is 0. The van der Waals surface area contributed by atoms with Crippen molar-refractivity contribution in [3.8, 4) is 0 Å². The molecule has 1 aliphatic rings. The van der Waals surface area contributed by atoms with Gasteiger partial charge in [0.05, 0.1) is 0 Å². The fraction of sp³-hybridized carbons (Fsp3) is 0.533. The summed E-state index contributed by atoms with van der Waals surface area (Å²) in [6.45, 7) is 7.71. The van der Waals surface area contributed by atoms with E-state index >= 15 is 0 Å². The lowest BCUT2D eigenvalue weighted by Crippen LogP contribution is -2.31. The minimum Gasteiger partial charge on any atom is -0.339 e. The Kier molecular flexibility index (Phi) is 3.51. The highest BCUT2D eigenvalue weighted by Crippen LogP contribution is 2.42. The maximum atomic E-state index is 12.3. The van der Waals surface area contributed by atoms with Crippen LogP contribution in [0, 0.1) is 6.92 Å². The molecule has 92 valence electrons. The van der Waals surface area contributed by atoms with Crippen molar-refractivity contribution in [2.24, 2.45) is 0 Å². The van der Waals surface area contributed by atoms with Crippen molar-refractivity contribution in [1.82, 2.24) is 4.90 Å². The number of carbonyl (C=O) groups excluding carboxylic acids is 1. The van der Waals surface area contributed by atoms with Crippen LogP contribution in [0.25, 0.3) is 0 Å². The van der Waals surface area contributed by atoms with Crippen LogP contribution in [0.1, 0.15) is 54.1 Å². The average molecular weight is 231 g/mol. The van der Waals surface area contributed by atoms with E-state index in [0.717, 1.165) is 18.7 Å². The lowest BCUT2D eigenvalue weighted by atomic mass is 9.98. The van der Waals surface area contributed by atoms with Crippen LogP contribution in [-0.2, 0) is 0 Å². The molecule has 1 aromatic rings. The van der Waals surface area contributed by atoms with Gasteiger partial charge in [0.1, 0.15) is 0 Å². The summed E-state index contributed by atoms with van der Waals surface area (Å²) in [7, 11) is 0. The van der Waals surface area contributed by atoms with E-state index < -0.39 is 0 Å². The first-order chi connectivity index (χ1) is 8.19. The molecular formula is C15H21NO. The molecule has 1 fully saturated rings. The zero-order valence-corrected chi connectivity index (χ0v) is 11.0. The molecule has 2 heteroatoms. The van der Waals surface area contributed by atoms with Crippen LogP contribution in [0.15, 0.2) is 18.2 Å². The Morgan fingerprint density at radius 3 is 2.47 bits per heavy atom. The summed E-state index contributed by atoms with van der Waals surface area (Å²) in [6.07, 6.45) is 2.56. The number of amides is 1. The predicted molar refractivity (Wildman–Crippen MR) is 70.4 cm³/mol. The minimum absolute atomic E-state index is 0.176. The number of rotatable bonds is 4. The number of carbonyl (C=O) groups is 1. The fourth-order valence-electron chi connectivity index (χ4n) is 2.40. The summed E-state index contributed by atoms with van der Waals surface area (Å²) in [5.41, 5.74) is 3.45. The molecule has 1 saturated carbocycles. The van der Waals surface area contributed by atoms with E-state index in [4.69, 9.17) is 0 Å². The molecule has 0 bridgehead atoms. The Balaban J connectivity index is 2.31. The van der Waals surface area contributed by atoms with E-state index in [-0.39, 0.29) is 5.91 Å². The Bertz CT molecular complexity index is 417. The molecule has 2 rings (SSSR count). The Morgan fingerprint density at radius 2 is 1.94 bits per heavy atom. The largest absolute Gasteiger partial charge is 0.339 e. The monoisotopic (exact) mass is 231 g/mol. The maximum absolute atomic E-state index is 12.3. The zero-order valence-electron chi connectivity index (χ0n) is 11.0. The Hall–Kier alpha value is -1.31. The van der Waals surface area contributed by atoms with Gasteiger partial charge in [-0.15, -0.1) is 0 Å². The van der Waals surface area contributed by atoms with Crippen molar-refractivity contribution in [2.45, 2.75) is 39.5 Å². The van der Waals surface area contributed by atoms with Crippen LogP contribution < -0.4 is 0 Å². The van der Waals surface area contributed by atoms with Gasteiger partial charge in [-0.3, -0.25) is 4.79 Å². The highest BCUT2D eigenvalue weighted by molar-refractivity contribution is 5.96. The molecule has 0 spiro atoms. The average Bonchev–Trinajstić information content (AvgIpc) is 3.15. The van der Waals surface area contributed by atoms with Gasteiger partial charge < -0.3 is 4.90 Å². The zero-order chi connectivity index (χ0) is 12.4. The topological polar surface area (TPSA) is 20.3 Å². The van der Waals surface area contributed by atoms with Crippen molar-refractivity contribution < 1.29 is 4.79 Å². The Labute approximate surface area is 104 Å². The van der Waals surface area contributed by atoms with E-state index in [9.17, 15) is 4.79 Å². The third-order valence-electron chi connectivity index (χ3n) is 3.67. The maximum Gasteiger partial charge on any atom is 0.254 e. The van der Waals surface area contributed by atoms with Crippen molar-refractivity contribution >= 4 is 5.91 Å². The first-order valence-corrected chi connectivity index (χ1v) is 6.57. The summed E-state index contributed by atoms with van der Waals surface area (Å²) < 4.78 is 0. The van der Waals surface area contributed by atoms with Crippen LogP contribution in [0.5, 0.6) is 0 Å². The molecule has 0 heterocycles. The van der Waals surface area contributed by atoms with E-state index in [0.29, 0.717) is 5.92 Å². The second-order valence-corrected chi connectivity index (χ2v) is 4.77. The van der Waals surface area contributed by atoms with Gasteiger partial charge in [0.2, 0.25) is 0 Å². The molecule has 0 unspecified atom stereocenters. The van der Waals surface area contributed by atoms with Crippen LogP contribution in [0.4, 0.5) is 0 Å². The van der Waals surface area contributed by atoms with Gasteiger partial charge >= 0.3 is 0 Å². The van der Waals surface area contributed by atoms with Gasteiger partial charge in [0.25, 0.3) is 5.91 Å². The molecule has 0 aliphatic heterocycles. The summed E-state index contributed by atoms with van der Waals surface area (Å²) in [5.74, 6) is 0.884. The van der Waals surface area contributed by atoms with E-state index in [1.807, 2.05) is 30.9 Å². The SMILES string of the molecule is CCN(CC)C(=O)c1cccc(C2CC2)c1C. The van der Waals surface area contributed by atoms with Crippen molar-refractivity contribution in [3.63, 3.8) is 0 Å². The van der Waals surface area contributed by atoms with Crippen LogP contribution in [-0.4, -0.2) is 23.9 Å². The van der Waals surface area contributed by atoms with E-state index in [1.165, 1.54) is 24.0 Å². The number of hydrogen-bond acceptors (Lipinski definition) is 1. The van der Waals surface area contributed by atoms with Gasteiger partial charge in [0, 0.05) is 18.7 Å². The molecule has 0 radical (unpaired) electrons. The molecule has 0 atom stereocenters. The second-order valence-electron chi connectivity index (χ2n) is 4.77. The molecule has 1 aliphatic carbocycles. The summed E-state index contributed by atoms with van der Waals surface area (Å²) in [5, 5.41) is 0. The lowest BCUT2D eigenvalue weighted by Gasteiger charge is -2.20. The number of benzene rings is 1. The van der Waals surface area contributed by atoms with Crippen LogP contribution >= 0.6 is 0 Å². The second kappa shape index (κ2) is 4.91. The van der Waals surface area contributed by atoms with Crippen molar-refractivity contribution in [3.05, 3.63) is 34.9 Å². The third-order valence-corrected chi connectivity index (χ3v) is 3.67. The first kappa shape index (κ1) is 12.2. The minimum atomic E-state index is 0.176. The molecule has 1 amide bonds. The quantitative estimate of drug-likeness (QED) is 0.778. The smallest absolute Gasteiger partial charge is 0.254 e. The first-order valence-electron chi connectivity index (χ1n) is 6.57. The van der Waals surface area contributed by atoms with E-state index in [2.05, 4.69) is 13.0 Å². The van der Waals surface area contributed by atoms with E-state index in [1.54, 1.807) is 0 Å². The fourth-order valence-corrected chi connectivity index (χ4v) is 2.40. The molecule has 0 aromatic heterocycles. The van der Waals surface area contributed by atoms with Crippen molar-refractivity contribution in [1.29, 1.82) is 0 Å². The normalized spacial score (nSPS) is 14.8. The summed E-state index contributed by atoms with van der Waals surface area (Å²) in [6, 6.07) is 6.16. The third kappa shape index (κ3) is 2.36. The highest BCUT2D eigenvalue weighted by Gasteiger charge is 2.27. The van der Waals surface area contributed by atoms with Crippen LogP contribution in [0.3, 0.4) is 0 Å². The summed E-state index contributed by atoms with van der Waals surface area (Å²) >= 11 is 0. The predicted octanol–water partition coefficient (Wildman–Crippen LogP) is 3.35. The van der Waals surface area contributed by atoms with Gasteiger partial charge in [-0.25, -0.2) is 0 Å². The number of nitrogens with zero attached hydrogens (tertiary/aromatic N) is 1. The van der Waals surface area contributed by atoms with Gasteiger partial charge in [-0.2, -0.15) is 0 Å². The highest BCUT2D eigenvalue weighted by atomic mass is 16.2. The standard InChI is InChI=1S/C15H21NO/c1-4-16(5-2)15(17)14-8-6-7-13(11(14)3)12-9-10-12/h6-8,12H,4-5,9-10H2,1-3H3. The van der Waals surface area contributed by atoms with Gasteiger partial charge in [0.15, 0.2) is 0 Å². The summed E-state index contributed by atoms with van der Waals surface area (Å²) in [4.78, 5) is 14.2. The van der Waals surface area contributed by atoms with Gasteiger partial charge in [-0.05, 0) is 56.7 Å². The molecule has 0 N–H and O–H groups in total. The van der Waals surface area contributed by atoms with Crippen molar-refractivity contribution in [2.75, 3.05) is 13.1 Å². The van der Waals surface area contributed by atoms with Crippen LogP contribution in [0.2, 0.25) is 0 Å². The molecule has 1 aromatic carbocycles. The molecule has 0 saturated heterocycles. The molecular weight excluding hydrogens is 210 g/mol. The molecule has 2 nitrogen and oxygen atoms in total. The Morgan fingerprint density at radius 1 is 1.29 bits per heavy atom. The lowest BCUT2D eigenvalue weighted by molar-refractivity contribution is 0.0772.